The maximum Gasteiger partial charge on any atom is 0.274 e. The second-order valence-corrected chi connectivity index (χ2v) is 5.36. The molecule has 1 aliphatic heterocycles. The summed E-state index contributed by atoms with van der Waals surface area (Å²) in [7, 11) is 0. The van der Waals surface area contributed by atoms with Gasteiger partial charge >= 0.3 is 0 Å². The van der Waals surface area contributed by atoms with E-state index in [0.29, 0.717) is 18.1 Å². The molecule has 98 valence electrons. The van der Waals surface area contributed by atoms with Crippen LogP contribution in [0.1, 0.15) is 23.2 Å². The number of carbonyl (C=O) groups is 1. The number of halogens is 1. The van der Waals surface area contributed by atoms with Gasteiger partial charge in [0.05, 0.1) is 6.61 Å². The van der Waals surface area contributed by atoms with Crippen LogP contribution in [0.4, 0.5) is 0 Å². The fraction of sp³-hybridized carbons (Fsp3) is 0.462. The number of nitrogens with one attached hydrogen (secondary N) is 2. The first-order valence-corrected chi connectivity index (χ1v) is 6.93. The van der Waals surface area contributed by atoms with Crippen LogP contribution in [-0.4, -0.2) is 25.6 Å². The van der Waals surface area contributed by atoms with E-state index in [9.17, 15) is 4.79 Å². The molecule has 0 spiro atoms. The van der Waals surface area contributed by atoms with Crippen LogP contribution in [0.15, 0.2) is 28.7 Å². The van der Waals surface area contributed by atoms with Gasteiger partial charge in [-0.3, -0.25) is 9.63 Å². The Balaban J connectivity index is 1.72. The Hall–Kier alpha value is -0.910. The van der Waals surface area contributed by atoms with Crippen molar-refractivity contribution in [3.8, 4) is 0 Å². The first kappa shape index (κ1) is 13.5. The second kappa shape index (κ2) is 6.87. The maximum absolute atomic E-state index is 11.7. The summed E-state index contributed by atoms with van der Waals surface area (Å²) < 4.78 is 0.953. The lowest BCUT2D eigenvalue weighted by Crippen LogP contribution is -2.33. The highest BCUT2D eigenvalue weighted by molar-refractivity contribution is 9.10. The van der Waals surface area contributed by atoms with Crippen molar-refractivity contribution < 1.29 is 9.63 Å². The molecule has 1 heterocycles. The molecular weight excluding hydrogens is 296 g/mol. The minimum atomic E-state index is -0.198. The molecule has 0 aliphatic carbocycles. The minimum Gasteiger partial charge on any atom is -0.317 e. The van der Waals surface area contributed by atoms with Gasteiger partial charge < -0.3 is 5.32 Å². The third kappa shape index (κ3) is 4.08. The van der Waals surface area contributed by atoms with E-state index in [2.05, 4.69) is 26.7 Å². The second-order valence-electron chi connectivity index (χ2n) is 4.44. The third-order valence-corrected chi connectivity index (χ3v) is 3.58. The van der Waals surface area contributed by atoms with E-state index in [0.717, 1.165) is 30.4 Å². The van der Waals surface area contributed by atoms with Gasteiger partial charge in [-0.2, -0.15) is 0 Å². The van der Waals surface area contributed by atoms with E-state index in [1.807, 2.05) is 12.1 Å². The summed E-state index contributed by atoms with van der Waals surface area (Å²) in [6.07, 6.45) is 2.21. The Morgan fingerprint density at radius 2 is 2.00 bits per heavy atom. The zero-order valence-corrected chi connectivity index (χ0v) is 11.7. The van der Waals surface area contributed by atoms with Gasteiger partial charge in [0.25, 0.3) is 5.91 Å². The third-order valence-electron chi connectivity index (χ3n) is 3.05. The summed E-state index contributed by atoms with van der Waals surface area (Å²) in [4.78, 5) is 17.0. The number of hydrogen-bond acceptors (Lipinski definition) is 3. The van der Waals surface area contributed by atoms with Crippen LogP contribution in [-0.2, 0) is 4.84 Å². The SMILES string of the molecule is O=C(NOCC1CCNCC1)c1ccc(Br)cc1. The molecule has 1 fully saturated rings. The van der Waals surface area contributed by atoms with Crippen LogP contribution >= 0.6 is 15.9 Å². The van der Waals surface area contributed by atoms with Crippen LogP contribution in [0, 0.1) is 5.92 Å². The van der Waals surface area contributed by atoms with Crippen molar-refractivity contribution >= 4 is 21.8 Å². The molecule has 0 radical (unpaired) electrons. The Bertz CT molecular complexity index is 388. The molecule has 1 aliphatic rings. The molecule has 5 heteroatoms. The van der Waals surface area contributed by atoms with Crippen LogP contribution in [0.3, 0.4) is 0 Å². The summed E-state index contributed by atoms with van der Waals surface area (Å²) in [5.74, 6) is 0.341. The summed E-state index contributed by atoms with van der Waals surface area (Å²) in [5, 5.41) is 3.30. The monoisotopic (exact) mass is 312 g/mol. The lowest BCUT2D eigenvalue weighted by Gasteiger charge is -2.21. The van der Waals surface area contributed by atoms with Crippen LogP contribution in [0.5, 0.6) is 0 Å². The molecule has 0 saturated carbocycles. The summed E-state index contributed by atoms with van der Waals surface area (Å²) in [6, 6.07) is 7.18. The van der Waals surface area contributed by atoms with Gasteiger partial charge in [0.2, 0.25) is 0 Å². The van der Waals surface area contributed by atoms with Crippen molar-refractivity contribution in [2.45, 2.75) is 12.8 Å². The number of carbonyl (C=O) groups excluding carboxylic acids is 1. The van der Waals surface area contributed by atoms with E-state index >= 15 is 0 Å². The highest BCUT2D eigenvalue weighted by atomic mass is 79.9. The van der Waals surface area contributed by atoms with Gasteiger partial charge in [0.1, 0.15) is 0 Å². The lowest BCUT2D eigenvalue weighted by molar-refractivity contribution is 0.0118. The molecule has 1 amide bonds. The molecule has 0 aromatic heterocycles. The molecular formula is C13H17BrN2O2. The largest absolute Gasteiger partial charge is 0.317 e. The summed E-state index contributed by atoms with van der Waals surface area (Å²) in [6.45, 7) is 2.66. The number of piperidine rings is 1. The predicted octanol–water partition coefficient (Wildman–Crippen LogP) is 2.11. The van der Waals surface area contributed by atoms with Gasteiger partial charge in [-0.25, -0.2) is 5.48 Å². The number of rotatable bonds is 4. The molecule has 4 nitrogen and oxygen atoms in total. The zero-order valence-electron chi connectivity index (χ0n) is 10.1. The smallest absolute Gasteiger partial charge is 0.274 e. The standard InChI is InChI=1S/C13H17BrN2O2/c14-12-3-1-11(2-4-12)13(17)16-18-9-10-5-7-15-8-6-10/h1-4,10,15H,5-9H2,(H,16,17). The fourth-order valence-electron chi connectivity index (χ4n) is 1.93. The Labute approximate surface area is 115 Å². The van der Waals surface area contributed by atoms with Crippen molar-refractivity contribution in [1.82, 2.24) is 10.8 Å². The molecule has 0 atom stereocenters. The van der Waals surface area contributed by atoms with Gasteiger partial charge in [-0.1, -0.05) is 15.9 Å². The minimum absolute atomic E-state index is 0.198. The van der Waals surface area contributed by atoms with Gasteiger partial charge in [-0.05, 0) is 56.1 Å². The highest BCUT2D eigenvalue weighted by Crippen LogP contribution is 2.12. The van der Waals surface area contributed by atoms with E-state index in [-0.39, 0.29) is 5.91 Å². The van der Waals surface area contributed by atoms with E-state index < -0.39 is 0 Å². The quantitative estimate of drug-likeness (QED) is 0.837. The summed E-state index contributed by atoms with van der Waals surface area (Å²) >= 11 is 3.33. The van der Waals surface area contributed by atoms with Crippen molar-refractivity contribution in [1.29, 1.82) is 0 Å². The average Bonchev–Trinajstić information content (AvgIpc) is 2.40. The van der Waals surface area contributed by atoms with E-state index in [1.165, 1.54) is 0 Å². The van der Waals surface area contributed by atoms with E-state index in [1.54, 1.807) is 12.1 Å². The molecule has 2 rings (SSSR count). The first-order valence-electron chi connectivity index (χ1n) is 6.14. The van der Waals surface area contributed by atoms with E-state index in [4.69, 9.17) is 4.84 Å². The van der Waals surface area contributed by atoms with Gasteiger partial charge in [0, 0.05) is 10.0 Å². The van der Waals surface area contributed by atoms with Gasteiger partial charge in [0.15, 0.2) is 0 Å². The highest BCUT2D eigenvalue weighted by Gasteiger charge is 2.14. The molecule has 1 saturated heterocycles. The Morgan fingerprint density at radius 1 is 1.33 bits per heavy atom. The zero-order chi connectivity index (χ0) is 12.8. The lowest BCUT2D eigenvalue weighted by atomic mass is 10.00. The molecule has 0 unspecified atom stereocenters. The van der Waals surface area contributed by atoms with Crippen molar-refractivity contribution in [2.24, 2.45) is 5.92 Å². The molecule has 0 bridgehead atoms. The van der Waals surface area contributed by atoms with Crippen molar-refractivity contribution in [3.05, 3.63) is 34.3 Å². The first-order chi connectivity index (χ1) is 8.75. The van der Waals surface area contributed by atoms with Crippen molar-refractivity contribution in [2.75, 3.05) is 19.7 Å². The molecule has 1 aromatic rings. The number of amides is 1. The van der Waals surface area contributed by atoms with Crippen LogP contribution in [0.2, 0.25) is 0 Å². The van der Waals surface area contributed by atoms with Gasteiger partial charge in [-0.15, -0.1) is 0 Å². The van der Waals surface area contributed by atoms with Crippen LogP contribution in [0.25, 0.3) is 0 Å². The molecule has 18 heavy (non-hydrogen) atoms. The average molecular weight is 313 g/mol. The molecule has 1 aromatic carbocycles. The predicted molar refractivity (Wildman–Crippen MR) is 73.2 cm³/mol. The van der Waals surface area contributed by atoms with Crippen molar-refractivity contribution in [3.63, 3.8) is 0 Å². The Morgan fingerprint density at radius 3 is 2.67 bits per heavy atom. The maximum atomic E-state index is 11.7. The topological polar surface area (TPSA) is 50.4 Å². The fourth-order valence-corrected chi connectivity index (χ4v) is 2.20. The number of hydroxylamine groups is 1. The number of hydrogen-bond donors (Lipinski definition) is 2. The normalized spacial score (nSPS) is 16.5. The summed E-state index contributed by atoms with van der Waals surface area (Å²) in [5.41, 5.74) is 3.09. The Kier molecular flexibility index (Phi) is 5.16. The van der Waals surface area contributed by atoms with Crippen LogP contribution < -0.4 is 10.8 Å². The number of benzene rings is 1. The molecule has 2 N–H and O–H groups in total.